The fourth-order valence-electron chi connectivity index (χ4n) is 1.28. The molecule has 4 nitrogen and oxygen atoms in total. The molecule has 0 aliphatic carbocycles. The molecule has 1 aromatic carbocycles. The molecule has 1 amide bonds. The molecular formula is C11H9BrN2O2S. The van der Waals surface area contributed by atoms with Gasteiger partial charge in [0.05, 0.1) is 17.6 Å². The second kappa shape index (κ2) is 5.29. The van der Waals surface area contributed by atoms with E-state index in [-0.39, 0.29) is 17.2 Å². The summed E-state index contributed by atoms with van der Waals surface area (Å²) < 4.78 is 0.748. The topological polar surface area (TPSA) is 62.2 Å². The number of phenolic OH excluding ortho intramolecular Hbond substituents is 1. The van der Waals surface area contributed by atoms with Crippen LogP contribution < -0.4 is 5.32 Å². The van der Waals surface area contributed by atoms with E-state index in [0.717, 1.165) is 9.35 Å². The number of rotatable bonds is 3. The number of carbonyl (C=O) groups excluding carboxylic acids is 1. The van der Waals surface area contributed by atoms with Gasteiger partial charge in [0.15, 0.2) is 0 Å². The van der Waals surface area contributed by atoms with Gasteiger partial charge in [-0.25, -0.2) is 0 Å². The number of benzene rings is 1. The van der Waals surface area contributed by atoms with Crippen molar-refractivity contribution in [3.05, 3.63) is 44.8 Å². The van der Waals surface area contributed by atoms with Gasteiger partial charge in [-0.2, -0.15) is 0 Å². The fourth-order valence-corrected chi connectivity index (χ4v) is 2.18. The average molecular weight is 313 g/mol. The first kappa shape index (κ1) is 12.1. The van der Waals surface area contributed by atoms with Crippen LogP contribution in [-0.2, 0) is 6.54 Å². The van der Waals surface area contributed by atoms with Crippen molar-refractivity contribution in [1.29, 1.82) is 0 Å². The van der Waals surface area contributed by atoms with Gasteiger partial charge < -0.3 is 10.4 Å². The molecule has 0 fully saturated rings. The zero-order chi connectivity index (χ0) is 12.3. The van der Waals surface area contributed by atoms with Crippen molar-refractivity contribution in [2.45, 2.75) is 6.54 Å². The number of aromatic nitrogens is 1. The molecular weight excluding hydrogens is 304 g/mol. The van der Waals surface area contributed by atoms with E-state index in [4.69, 9.17) is 0 Å². The zero-order valence-corrected chi connectivity index (χ0v) is 11.1. The van der Waals surface area contributed by atoms with Crippen LogP contribution in [0.3, 0.4) is 0 Å². The molecule has 1 heterocycles. The van der Waals surface area contributed by atoms with Crippen molar-refractivity contribution in [2.75, 3.05) is 0 Å². The van der Waals surface area contributed by atoms with Gasteiger partial charge in [0.25, 0.3) is 5.91 Å². The number of aromatic hydroxyl groups is 1. The Morgan fingerprint density at radius 2 is 2.35 bits per heavy atom. The van der Waals surface area contributed by atoms with Crippen molar-refractivity contribution in [1.82, 2.24) is 10.3 Å². The minimum absolute atomic E-state index is 0.0324. The van der Waals surface area contributed by atoms with Gasteiger partial charge >= 0.3 is 0 Å². The van der Waals surface area contributed by atoms with Crippen LogP contribution in [0.4, 0.5) is 0 Å². The molecule has 2 aromatic rings. The molecule has 0 radical (unpaired) electrons. The molecule has 0 aliphatic rings. The van der Waals surface area contributed by atoms with Crippen molar-refractivity contribution in [3.63, 3.8) is 0 Å². The lowest BCUT2D eigenvalue weighted by molar-refractivity contribution is 0.0948. The van der Waals surface area contributed by atoms with E-state index in [2.05, 4.69) is 26.2 Å². The van der Waals surface area contributed by atoms with E-state index in [1.807, 2.05) is 0 Å². The quantitative estimate of drug-likeness (QED) is 0.915. The van der Waals surface area contributed by atoms with Gasteiger partial charge in [-0.3, -0.25) is 9.78 Å². The number of halogens is 1. The molecule has 0 saturated carbocycles. The summed E-state index contributed by atoms with van der Waals surface area (Å²) in [5.74, 6) is -0.341. The summed E-state index contributed by atoms with van der Waals surface area (Å²) in [6.07, 6.45) is 1.70. The number of amides is 1. The summed E-state index contributed by atoms with van der Waals surface area (Å²) in [7, 11) is 0. The number of carbonyl (C=O) groups is 1. The van der Waals surface area contributed by atoms with E-state index in [1.165, 1.54) is 17.4 Å². The molecule has 1 aromatic heterocycles. The highest BCUT2D eigenvalue weighted by Gasteiger charge is 2.11. The first-order chi connectivity index (χ1) is 8.16. The third-order valence-corrected chi connectivity index (χ3v) is 3.38. The number of nitrogens with zero attached hydrogens (tertiary/aromatic N) is 1. The molecule has 17 heavy (non-hydrogen) atoms. The van der Waals surface area contributed by atoms with Crippen LogP contribution in [0.1, 0.15) is 15.2 Å². The van der Waals surface area contributed by atoms with Gasteiger partial charge in [-0.1, -0.05) is 15.9 Å². The summed E-state index contributed by atoms with van der Waals surface area (Å²) >= 11 is 4.73. The molecule has 2 rings (SSSR count). The van der Waals surface area contributed by atoms with Gasteiger partial charge in [-0.05, 0) is 18.2 Å². The Bertz CT molecular complexity index is 528. The highest BCUT2D eigenvalue weighted by atomic mass is 79.9. The molecule has 2 N–H and O–H groups in total. The normalized spacial score (nSPS) is 10.2. The van der Waals surface area contributed by atoms with Crippen molar-refractivity contribution < 1.29 is 9.90 Å². The number of phenols is 1. The third-order valence-electron chi connectivity index (χ3n) is 2.11. The summed E-state index contributed by atoms with van der Waals surface area (Å²) in [6, 6.07) is 4.73. The zero-order valence-electron chi connectivity index (χ0n) is 8.68. The van der Waals surface area contributed by atoms with Crippen LogP contribution >= 0.6 is 27.3 Å². The smallest absolute Gasteiger partial charge is 0.255 e. The van der Waals surface area contributed by atoms with Crippen LogP contribution in [0.25, 0.3) is 0 Å². The van der Waals surface area contributed by atoms with Crippen LogP contribution in [0, 0.1) is 0 Å². The van der Waals surface area contributed by atoms with Gasteiger partial charge in [0, 0.05) is 15.5 Å². The van der Waals surface area contributed by atoms with E-state index < -0.39 is 0 Å². The highest BCUT2D eigenvalue weighted by molar-refractivity contribution is 9.10. The Hall–Kier alpha value is -1.40. The Labute approximate surface area is 110 Å². The van der Waals surface area contributed by atoms with E-state index in [0.29, 0.717) is 6.54 Å². The Kier molecular flexibility index (Phi) is 3.75. The van der Waals surface area contributed by atoms with Crippen LogP contribution in [0.15, 0.2) is 34.4 Å². The van der Waals surface area contributed by atoms with Gasteiger partial charge in [-0.15, -0.1) is 11.3 Å². The Morgan fingerprint density at radius 3 is 3.06 bits per heavy atom. The van der Waals surface area contributed by atoms with Crippen molar-refractivity contribution in [3.8, 4) is 5.75 Å². The molecule has 0 aliphatic heterocycles. The number of thiazole rings is 1. The number of hydrogen-bond acceptors (Lipinski definition) is 4. The van der Waals surface area contributed by atoms with Crippen LogP contribution in [0.2, 0.25) is 0 Å². The first-order valence-electron chi connectivity index (χ1n) is 4.81. The third kappa shape index (κ3) is 3.04. The average Bonchev–Trinajstić information content (AvgIpc) is 2.82. The molecule has 0 spiro atoms. The maximum Gasteiger partial charge on any atom is 0.255 e. The lowest BCUT2D eigenvalue weighted by atomic mass is 10.2. The maximum absolute atomic E-state index is 11.8. The van der Waals surface area contributed by atoms with Crippen LogP contribution in [-0.4, -0.2) is 16.0 Å². The predicted molar refractivity (Wildman–Crippen MR) is 69.1 cm³/mol. The number of hydrogen-bond donors (Lipinski definition) is 2. The van der Waals surface area contributed by atoms with E-state index >= 15 is 0 Å². The first-order valence-corrected chi connectivity index (χ1v) is 6.48. The summed E-state index contributed by atoms with van der Waals surface area (Å²) in [6.45, 7) is 0.412. The predicted octanol–water partition coefficient (Wildman–Crippen LogP) is 2.54. The minimum Gasteiger partial charge on any atom is -0.507 e. The van der Waals surface area contributed by atoms with E-state index in [9.17, 15) is 9.90 Å². The van der Waals surface area contributed by atoms with Crippen molar-refractivity contribution in [2.24, 2.45) is 0 Å². The lowest BCUT2D eigenvalue weighted by Crippen LogP contribution is -2.22. The molecule has 0 unspecified atom stereocenters. The Balaban J connectivity index is 2.07. The molecule has 0 atom stereocenters. The monoisotopic (exact) mass is 312 g/mol. The van der Waals surface area contributed by atoms with E-state index in [1.54, 1.807) is 23.8 Å². The fraction of sp³-hybridized carbons (Fsp3) is 0.0909. The van der Waals surface area contributed by atoms with Gasteiger partial charge in [0.1, 0.15) is 5.75 Å². The lowest BCUT2D eigenvalue weighted by Gasteiger charge is -2.05. The molecule has 0 bridgehead atoms. The van der Waals surface area contributed by atoms with Gasteiger partial charge in [0.2, 0.25) is 0 Å². The molecule has 88 valence electrons. The molecule has 6 heteroatoms. The maximum atomic E-state index is 11.8. The summed E-state index contributed by atoms with van der Waals surface area (Å²) in [5, 5.41) is 12.3. The second-order valence-corrected chi connectivity index (χ2v) is 5.20. The van der Waals surface area contributed by atoms with Crippen molar-refractivity contribution >= 4 is 33.2 Å². The highest BCUT2D eigenvalue weighted by Crippen LogP contribution is 2.21. The summed E-state index contributed by atoms with van der Waals surface area (Å²) in [5.41, 5.74) is 1.96. The Morgan fingerprint density at radius 1 is 1.53 bits per heavy atom. The SMILES string of the molecule is O=C(NCc1cncs1)c1cc(Br)ccc1O. The largest absolute Gasteiger partial charge is 0.507 e. The standard InChI is InChI=1S/C11H9BrN2O2S/c12-7-1-2-10(15)9(3-7)11(16)14-5-8-4-13-6-17-8/h1-4,6,15H,5H2,(H,14,16). The number of nitrogens with one attached hydrogen (secondary N) is 1. The minimum atomic E-state index is -0.308. The molecule has 0 saturated heterocycles. The second-order valence-electron chi connectivity index (χ2n) is 3.31. The summed E-state index contributed by atoms with van der Waals surface area (Å²) in [4.78, 5) is 16.7. The van der Waals surface area contributed by atoms with Crippen LogP contribution in [0.5, 0.6) is 5.75 Å².